The molecule has 1 aromatic heterocycles. The Kier molecular flexibility index (Phi) is 6.31. The number of halogens is 1. The normalized spacial score (nSPS) is 10.2. The topological polar surface area (TPSA) is 79.7 Å². The van der Waals surface area contributed by atoms with Gasteiger partial charge in [-0.3, -0.25) is 9.59 Å². The standard InChI is InChI=1S/C17H17BrN2O4/c1-24-15-7-3-6-14(19-15)9-16(21)20(11-17(22)23)10-12-4-2-5-13(18)8-12/h2-8H,9-11H2,1H3,(H,22,23). The van der Waals surface area contributed by atoms with Crippen LogP contribution < -0.4 is 4.74 Å². The maximum Gasteiger partial charge on any atom is 0.323 e. The Balaban J connectivity index is 2.13. The molecule has 24 heavy (non-hydrogen) atoms. The van der Waals surface area contributed by atoms with Crippen LogP contribution in [0.25, 0.3) is 0 Å². The zero-order valence-electron chi connectivity index (χ0n) is 13.1. The van der Waals surface area contributed by atoms with Crippen molar-refractivity contribution in [3.63, 3.8) is 0 Å². The summed E-state index contributed by atoms with van der Waals surface area (Å²) >= 11 is 3.37. The van der Waals surface area contributed by atoms with Gasteiger partial charge in [0.1, 0.15) is 6.54 Å². The number of amides is 1. The van der Waals surface area contributed by atoms with Crippen molar-refractivity contribution in [3.8, 4) is 5.88 Å². The number of aromatic nitrogens is 1. The van der Waals surface area contributed by atoms with Crippen LogP contribution in [0, 0.1) is 0 Å². The minimum absolute atomic E-state index is 0.0124. The van der Waals surface area contributed by atoms with E-state index in [4.69, 9.17) is 9.84 Å². The van der Waals surface area contributed by atoms with E-state index in [0.29, 0.717) is 11.6 Å². The van der Waals surface area contributed by atoms with Gasteiger partial charge in [-0.1, -0.05) is 34.1 Å². The first kappa shape index (κ1) is 17.9. The van der Waals surface area contributed by atoms with Gasteiger partial charge in [0.05, 0.1) is 19.2 Å². The van der Waals surface area contributed by atoms with Crippen LogP contribution in [0.4, 0.5) is 0 Å². The third-order valence-corrected chi connectivity index (χ3v) is 3.76. The summed E-state index contributed by atoms with van der Waals surface area (Å²) in [5.74, 6) is -0.952. The predicted octanol–water partition coefficient (Wildman–Crippen LogP) is 2.51. The lowest BCUT2D eigenvalue weighted by molar-refractivity contribution is -0.144. The third kappa shape index (κ3) is 5.34. The number of carbonyl (C=O) groups is 2. The molecule has 1 heterocycles. The van der Waals surface area contributed by atoms with Crippen LogP contribution in [0.15, 0.2) is 46.9 Å². The molecular weight excluding hydrogens is 376 g/mol. The molecule has 2 aromatic rings. The van der Waals surface area contributed by atoms with Crippen molar-refractivity contribution < 1.29 is 19.4 Å². The number of carbonyl (C=O) groups excluding carboxylic acids is 1. The SMILES string of the molecule is COc1cccc(CC(=O)N(CC(=O)O)Cc2cccc(Br)c2)n1. The van der Waals surface area contributed by atoms with Gasteiger partial charge in [-0.25, -0.2) is 4.98 Å². The minimum atomic E-state index is -1.06. The molecule has 1 N–H and O–H groups in total. The Morgan fingerprint density at radius 3 is 2.67 bits per heavy atom. The molecule has 0 spiro atoms. The number of aliphatic carboxylic acids is 1. The molecule has 1 amide bonds. The molecular formula is C17H17BrN2O4. The van der Waals surface area contributed by atoms with E-state index in [0.717, 1.165) is 10.0 Å². The predicted molar refractivity (Wildman–Crippen MR) is 91.7 cm³/mol. The molecule has 2 rings (SSSR count). The Hall–Kier alpha value is -2.41. The van der Waals surface area contributed by atoms with Gasteiger partial charge in [0, 0.05) is 17.1 Å². The fourth-order valence-corrected chi connectivity index (χ4v) is 2.63. The average molecular weight is 393 g/mol. The summed E-state index contributed by atoms with van der Waals surface area (Å²) in [5, 5.41) is 9.07. The maximum atomic E-state index is 12.5. The van der Waals surface area contributed by atoms with Gasteiger partial charge >= 0.3 is 5.97 Å². The second kappa shape index (κ2) is 8.44. The zero-order chi connectivity index (χ0) is 17.5. The molecule has 126 valence electrons. The summed E-state index contributed by atoms with van der Waals surface area (Å²) in [6.07, 6.45) is 0.0124. The minimum Gasteiger partial charge on any atom is -0.481 e. The van der Waals surface area contributed by atoms with E-state index in [-0.39, 0.29) is 25.4 Å². The molecule has 1 aromatic carbocycles. The van der Waals surface area contributed by atoms with Crippen molar-refractivity contribution in [2.75, 3.05) is 13.7 Å². The van der Waals surface area contributed by atoms with E-state index < -0.39 is 5.97 Å². The van der Waals surface area contributed by atoms with Gasteiger partial charge in [0.25, 0.3) is 0 Å². The molecule has 0 unspecified atom stereocenters. The van der Waals surface area contributed by atoms with Crippen LogP contribution in [0.1, 0.15) is 11.3 Å². The summed E-state index contributed by atoms with van der Waals surface area (Å²) in [7, 11) is 1.50. The molecule has 6 nitrogen and oxygen atoms in total. The molecule has 0 saturated carbocycles. The van der Waals surface area contributed by atoms with Crippen LogP contribution in [0.3, 0.4) is 0 Å². The Labute approximate surface area is 148 Å². The van der Waals surface area contributed by atoms with Crippen molar-refractivity contribution in [1.29, 1.82) is 0 Å². The van der Waals surface area contributed by atoms with Gasteiger partial charge in [-0.15, -0.1) is 0 Å². The highest BCUT2D eigenvalue weighted by Crippen LogP contribution is 2.15. The number of pyridine rings is 1. The van der Waals surface area contributed by atoms with Crippen LogP contribution in [-0.4, -0.2) is 40.5 Å². The van der Waals surface area contributed by atoms with Gasteiger partial charge in [0.2, 0.25) is 11.8 Å². The van der Waals surface area contributed by atoms with E-state index in [2.05, 4.69) is 20.9 Å². The summed E-state index contributed by atoms with van der Waals surface area (Å²) < 4.78 is 5.91. The highest BCUT2D eigenvalue weighted by Gasteiger charge is 2.18. The second-order valence-electron chi connectivity index (χ2n) is 5.12. The fourth-order valence-electron chi connectivity index (χ4n) is 2.19. The Morgan fingerprint density at radius 2 is 2.00 bits per heavy atom. The van der Waals surface area contributed by atoms with E-state index in [1.54, 1.807) is 18.2 Å². The molecule has 0 radical (unpaired) electrons. The highest BCUT2D eigenvalue weighted by atomic mass is 79.9. The molecule has 0 saturated heterocycles. The quantitative estimate of drug-likeness (QED) is 0.782. The number of methoxy groups -OCH3 is 1. The van der Waals surface area contributed by atoms with Crippen molar-refractivity contribution >= 4 is 27.8 Å². The molecule has 0 fully saturated rings. The molecule has 0 atom stereocenters. The average Bonchev–Trinajstić information content (AvgIpc) is 2.54. The third-order valence-electron chi connectivity index (χ3n) is 3.26. The second-order valence-corrected chi connectivity index (χ2v) is 6.04. The number of carboxylic acids is 1. The van der Waals surface area contributed by atoms with Crippen molar-refractivity contribution in [2.24, 2.45) is 0 Å². The number of ether oxygens (including phenoxy) is 1. The molecule has 0 aliphatic rings. The number of hydrogen-bond acceptors (Lipinski definition) is 4. The molecule has 0 aliphatic carbocycles. The van der Waals surface area contributed by atoms with Gasteiger partial charge in [0.15, 0.2) is 0 Å². The smallest absolute Gasteiger partial charge is 0.323 e. The number of nitrogens with zero attached hydrogens (tertiary/aromatic N) is 2. The maximum absolute atomic E-state index is 12.5. The van der Waals surface area contributed by atoms with E-state index >= 15 is 0 Å². The Bertz CT molecular complexity index is 736. The monoisotopic (exact) mass is 392 g/mol. The number of carboxylic acid groups (broad SMARTS) is 1. The molecule has 0 bridgehead atoms. The summed E-state index contributed by atoms with van der Waals surface area (Å²) in [6, 6.07) is 12.5. The van der Waals surface area contributed by atoms with E-state index in [9.17, 15) is 9.59 Å². The van der Waals surface area contributed by atoms with Gasteiger partial charge < -0.3 is 14.7 Å². The van der Waals surface area contributed by atoms with Crippen LogP contribution in [0.2, 0.25) is 0 Å². The molecule has 0 aliphatic heterocycles. The number of hydrogen-bond donors (Lipinski definition) is 1. The first-order chi connectivity index (χ1) is 11.5. The van der Waals surface area contributed by atoms with E-state index in [1.807, 2.05) is 24.3 Å². The van der Waals surface area contributed by atoms with E-state index in [1.165, 1.54) is 12.0 Å². The van der Waals surface area contributed by atoms with Crippen LogP contribution in [-0.2, 0) is 22.6 Å². The lowest BCUT2D eigenvalue weighted by Gasteiger charge is -2.21. The fraction of sp³-hybridized carbons (Fsp3) is 0.235. The molecule has 7 heteroatoms. The van der Waals surface area contributed by atoms with Crippen molar-refractivity contribution in [3.05, 3.63) is 58.2 Å². The highest BCUT2D eigenvalue weighted by molar-refractivity contribution is 9.10. The summed E-state index contributed by atoms with van der Waals surface area (Å²) in [4.78, 5) is 29.1. The van der Waals surface area contributed by atoms with Crippen molar-refractivity contribution in [1.82, 2.24) is 9.88 Å². The van der Waals surface area contributed by atoms with Crippen molar-refractivity contribution in [2.45, 2.75) is 13.0 Å². The largest absolute Gasteiger partial charge is 0.481 e. The zero-order valence-corrected chi connectivity index (χ0v) is 14.7. The summed E-state index contributed by atoms with van der Waals surface area (Å²) in [5.41, 5.74) is 1.38. The number of rotatable bonds is 7. The van der Waals surface area contributed by atoms with Crippen LogP contribution in [0.5, 0.6) is 5.88 Å². The Morgan fingerprint density at radius 1 is 1.25 bits per heavy atom. The first-order valence-electron chi connectivity index (χ1n) is 7.22. The van der Waals surface area contributed by atoms with Gasteiger partial charge in [-0.05, 0) is 23.8 Å². The lowest BCUT2D eigenvalue weighted by atomic mass is 10.2. The first-order valence-corrected chi connectivity index (χ1v) is 8.01. The lowest BCUT2D eigenvalue weighted by Crippen LogP contribution is -2.36. The number of benzene rings is 1. The summed E-state index contributed by atoms with van der Waals surface area (Å²) in [6.45, 7) is -0.149. The van der Waals surface area contributed by atoms with Crippen LogP contribution >= 0.6 is 15.9 Å². The van der Waals surface area contributed by atoms with Gasteiger partial charge in [-0.2, -0.15) is 0 Å².